The van der Waals surface area contributed by atoms with E-state index in [0.29, 0.717) is 19.4 Å². The van der Waals surface area contributed by atoms with Gasteiger partial charge in [0.25, 0.3) is 0 Å². The van der Waals surface area contributed by atoms with E-state index < -0.39 is 6.10 Å². The number of hydrogen-bond donors (Lipinski definition) is 0. The third kappa shape index (κ3) is 51.7. The third-order valence-corrected chi connectivity index (χ3v) is 11.4. The fourth-order valence-electron chi connectivity index (χ4n) is 7.35. The van der Waals surface area contributed by atoms with Gasteiger partial charge in [-0.05, 0) is 116 Å². The standard InChI is InChI=1S/C59H102O5/c1-4-7-10-13-16-19-22-25-28-29-30-33-36-39-42-45-48-51-54-62-55-57(64-59(61)53-50-47-44-41-38-35-32-27-24-21-18-15-12-9-6-3)56-63-58(60)52-49-46-43-40-37-34-31-26-23-20-17-14-11-8-5-2/h8,11,17-18,20-21,25-28,31-32,37,40,57H,4-7,9-10,12-16,19,22-24,29-30,33-36,38-39,41-56H2,1-3H3/b11-8-,20-17-,21-18-,28-25-,31-26-,32-27-,40-37-. The van der Waals surface area contributed by atoms with Gasteiger partial charge in [-0.1, -0.05) is 209 Å². The molecule has 1 atom stereocenters. The van der Waals surface area contributed by atoms with E-state index in [1.54, 1.807) is 0 Å². The first-order valence-electron chi connectivity index (χ1n) is 27.1. The van der Waals surface area contributed by atoms with Crippen LogP contribution in [-0.4, -0.2) is 37.9 Å². The van der Waals surface area contributed by atoms with Crippen LogP contribution in [0, 0.1) is 0 Å². The summed E-state index contributed by atoms with van der Waals surface area (Å²) in [5.41, 5.74) is 0. The van der Waals surface area contributed by atoms with Gasteiger partial charge < -0.3 is 14.2 Å². The van der Waals surface area contributed by atoms with Gasteiger partial charge in [-0.2, -0.15) is 0 Å². The molecule has 0 aliphatic rings. The molecular formula is C59H102O5. The molecule has 0 aliphatic heterocycles. The number of hydrogen-bond acceptors (Lipinski definition) is 5. The first-order valence-corrected chi connectivity index (χ1v) is 27.1. The summed E-state index contributed by atoms with van der Waals surface area (Å²) in [5, 5.41) is 0. The molecule has 0 bridgehead atoms. The predicted molar refractivity (Wildman–Crippen MR) is 279 cm³/mol. The zero-order valence-electron chi connectivity index (χ0n) is 42.3. The van der Waals surface area contributed by atoms with Crippen LogP contribution in [0.25, 0.3) is 0 Å². The smallest absolute Gasteiger partial charge is 0.306 e. The average molecular weight is 891 g/mol. The predicted octanol–water partition coefficient (Wildman–Crippen LogP) is 18.5. The summed E-state index contributed by atoms with van der Waals surface area (Å²) in [6.45, 7) is 7.63. The number of rotatable bonds is 49. The minimum Gasteiger partial charge on any atom is -0.462 e. The van der Waals surface area contributed by atoms with E-state index in [4.69, 9.17) is 14.2 Å². The normalized spacial score (nSPS) is 12.9. The van der Waals surface area contributed by atoms with Gasteiger partial charge in [0.05, 0.1) is 6.61 Å². The van der Waals surface area contributed by atoms with Gasteiger partial charge in [0.2, 0.25) is 0 Å². The Kier molecular flexibility index (Phi) is 51.9. The fraction of sp³-hybridized carbons (Fsp3) is 0.729. The number of esters is 2. The summed E-state index contributed by atoms with van der Waals surface area (Å²) < 4.78 is 17.4. The molecule has 0 aliphatic carbocycles. The zero-order chi connectivity index (χ0) is 46.3. The summed E-state index contributed by atoms with van der Waals surface area (Å²) in [6, 6.07) is 0. The molecule has 1 unspecified atom stereocenters. The first kappa shape index (κ1) is 61.1. The zero-order valence-corrected chi connectivity index (χ0v) is 42.3. The van der Waals surface area contributed by atoms with Crippen molar-refractivity contribution in [3.63, 3.8) is 0 Å². The van der Waals surface area contributed by atoms with E-state index in [0.717, 1.165) is 89.9 Å². The van der Waals surface area contributed by atoms with Crippen LogP contribution < -0.4 is 0 Å². The molecule has 0 heterocycles. The maximum atomic E-state index is 12.8. The average Bonchev–Trinajstić information content (AvgIpc) is 3.30. The second kappa shape index (κ2) is 54.4. The highest BCUT2D eigenvalue weighted by molar-refractivity contribution is 5.70. The molecule has 368 valence electrons. The van der Waals surface area contributed by atoms with Gasteiger partial charge >= 0.3 is 11.9 Å². The molecule has 64 heavy (non-hydrogen) atoms. The molecular weight excluding hydrogens is 789 g/mol. The van der Waals surface area contributed by atoms with Crippen LogP contribution in [0.3, 0.4) is 0 Å². The molecule has 5 heteroatoms. The Hall–Kier alpha value is -2.92. The van der Waals surface area contributed by atoms with Crippen LogP contribution in [-0.2, 0) is 23.8 Å². The molecule has 0 radical (unpaired) electrons. The van der Waals surface area contributed by atoms with Gasteiger partial charge in [0.15, 0.2) is 6.10 Å². The molecule has 0 saturated carbocycles. The highest BCUT2D eigenvalue weighted by atomic mass is 16.6. The van der Waals surface area contributed by atoms with Crippen LogP contribution in [0.1, 0.15) is 252 Å². The van der Waals surface area contributed by atoms with Gasteiger partial charge in [-0.3, -0.25) is 9.59 Å². The van der Waals surface area contributed by atoms with Crippen molar-refractivity contribution in [3.8, 4) is 0 Å². The van der Waals surface area contributed by atoms with Gasteiger partial charge in [0.1, 0.15) is 6.61 Å². The van der Waals surface area contributed by atoms with Gasteiger partial charge in [0, 0.05) is 19.4 Å². The van der Waals surface area contributed by atoms with Crippen molar-refractivity contribution in [2.75, 3.05) is 19.8 Å². The molecule has 5 nitrogen and oxygen atoms in total. The highest BCUT2D eigenvalue weighted by Crippen LogP contribution is 2.13. The summed E-state index contributed by atoms with van der Waals surface area (Å²) in [7, 11) is 0. The molecule has 0 aromatic heterocycles. The van der Waals surface area contributed by atoms with E-state index in [1.807, 2.05) is 0 Å². The largest absolute Gasteiger partial charge is 0.462 e. The number of carbonyl (C=O) groups is 2. The SMILES string of the molecule is CC/C=C\C/C=C\C/C=C\C/C=C\CCCCC(=O)OCC(COCCCCCCCCCC/C=C\CCCCCCCC)OC(=O)CCCCCCC/C=C\C/C=C\CCCCC. The van der Waals surface area contributed by atoms with E-state index in [-0.39, 0.29) is 25.2 Å². The Labute approximate surface area is 397 Å². The lowest BCUT2D eigenvalue weighted by atomic mass is 10.1. The summed E-state index contributed by atoms with van der Waals surface area (Å²) in [5.74, 6) is -0.461. The minimum absolute atomic E-state index is 0.0541. The van der Waals surface area contributed by atoms with Crippen LogP contribution in [0.2, 0.25) is 0 Å². The van der Waals surface area contributed by atoms with Gasteiger partial charge in [-0.25, -0.2) is 0 Å². The Balaban J connectivity index is 4.35. The van der Waals surface area contributed by atoms with Crippen molar-refractivity contribution in [2.45, 2.75) is 258 Å². The van der Waals surface area contributed by atoms with E-state index >= 15 is 0 Å². The molecule has 0 amide bonds. The van der Waals surface area contributed by atoms with Crippen molar-refractivity contribution in [1.82, 2.24) is 0 Å². The fourth-order valence-corrected chi connectivity index (χ4v) is 7.35. The summed E-state index contributed by atoms with van der Waals surface area (Å²) in [6.07, 6.45) is 71.7. The lowest BCUT2D eigenvalue weighted by molar-refractivity contribution is -0.163. The molecule has 0 rings (SSSR count). The van der Waals surface area contributed by atoms with E-state index in [1.165, 1.54) is 128 Å². The molecule has 0 N–H and O–H groups in total. The first-order chi connectivity index (χ1) is 31.6. The van der Waals surface area contributed by atoms with Crippen molar-refractivity contribution in [3.05, 3.63) is 85.1 Å². The van der Waals surface area contributed by atoms with E-state index in [2.05, 4.69) is 106 Å². The highest BCUT2D eigenvalue weighted by Gasteiger charge is 2.17. The number of unbranched alkanes of at least 4 members (excludes halogenated alkanes) is 24. The second-order valence-corrected chi connectivity index (χ2v) is 17.7. The Morgan fingerprint density at radius 1 is 0.359 bits per heavy atom. The Morgan fingerprint density at radius 2 is 0.703 bits per heavy atom. The summed E-state index contributed by atoms with van der Waals surface area (Å²) >= 11 is 0. The van der Waals surface area contributed by atoms with Crippen molar-refractivity contribution >= 4 is 11.9 Å². The van der Waals surface area contributed by atoms with Crippen molar-refractivity contribution in [1.29, 1.82) is 0 Å². The lowest BCUT2D eigenvalue weighted by Crippen LogP contribution is -2.30. The minimum atomic E-state index is -0.566. The monoisotopic (exact) mass is 891 g/mol. The number of allylic oxidation sites excluding steroid dienone is 14. The second-order valence-electron chi connectivity index (χ2n) is 17.7. The van der Waals surface area contributed by atoms with Crippen LogP contribution in [0.5, 0.6) is 0 Å². The third-order valence-electron chi connectivity index (χ3n) is 11.4. The molecule has 0 spiro atoms. The van der Waals surface area contributed by atoms with E-state index in [9.17, 15) is 9.59 Å². The maximum Gasteiger partial charge on any atom is 0.306 e. The lowest BCUT2D eigenvalue weighted by Gasteiger charge is -2.18. The Morgan fingerprint density at radius 3 is 1.20 bits per heavy atom. The quantitative estimate of drug-likeness (QED) is 0.0346. The van der Waals surface area contributed by atoms with Crippen LogP contribution in [0.15, 0.2) is 85.1 Å². The van der Waals surface area contributed by atoms with Crippen LogP contribution in [0.4, 0.5) is 0 Å². The Bertz CT molecular complexity index is 1190. The maximum absolute atomic E-state index is 12.8. The number of ether oxygens (including phenoxy) is 3. The van der Waals surface area contributed by atoms with Crippen molar-refractivity contribution < 1.29 is 23.8 Å². The summed E-state index contributed by atoms with van der Waals surface area (Å²) in [4.78, 5) is 25.4. The molecule has 0 saturated heterocycles. The van der Waals surface area contributed by atoms with Gasteiger partial charge in [-0.15, -0.1) is 0 Å². The van der Waals surface area contributed by atoms with Crippen LogP contribution >= 0.6 is 0 Å². The topological polar surface area (TPSA) is 61.8 Å². The number of carbonyl (C=O) groups excluding carboxylic acids is 2. The van der Waals surface area contributed by atoms with Crippen molar-refractivity contribution in [2.24, 2.45) is 0 Å². The molecule has 0 aromatic carbocycles. The molecule has 0 aromatic rings. The molecule has 0 fully saturated rings.